The number of hydrogen-bond donors (Lipinski definition) is 3. The molecule has 0 radical (unpaired) electrons. The summed E-state index contributed by atoms with van der Waals surface area (Å²) in [6.07, 6.45) is 72.3. The molecule has 0 spiro atoms. The second-order valence-corrected chi connectivity index (χ2v) is 21.4. The predicted octanol–water partition coefficient (Wildman–Crippen LogP) is 19.4. The van der Waals surface area contributed by atoms with E-state index in [4.69, 9.17) is 4.74 Å². The van der Waals surface area contributed by atoms with Crippen LogP contribution < -0.4 is 5.32 Å². The molecule has 69 heavy (non-hydrogen) atoms. The quantitative estimate of drug-likeness (QED) is 0.0321. The summed E-state index contributed by atoms with van der Waals surface area (Å²) in [6, 6.07) is -0.627. The van der Waals surface area contributed by atoms with Crippen LogP contribution in [0.5, 0.6) is 0 Å². The van der Waals surface area contributed by atoms with E-state index < -0.39 is 12.1 Å². The van der Waals surface area contributed by atoms with Gasteiger partial charge >= 0.3 is 5.97 Å². The zero-order chi connectivity index (χ0) is 50.0. The first-order valence-corrected chi connectivity index (χ1v) is 31.1. The van der Waals surface area contributed by atoms with E-state index in [0.29, 0.717) is 19.4 Å². The van der Waals surface area contributed by atoms with Crippen molar-refractivity contribution in [2.75, 3.05) is 13.2 Å². The van der Waals surface area contributed by atoms with Crippen LogP contribution >= 0.6 is 0 Å². The van der Waals surface area contributed by atoms with Crippen LogP contribution in [-0.4, -0.2) is 47.4 Å². The number of carbonyl (C=O) groups is 2. The molecule has 0 aliphatic heterocycles. The fraction of sp³-hybridized carbons (Fsp3) is 0.905. The van der Waals surface area contributed by atoms with E-state index >= 15 is 0 Å². The van der Waals surface area contributed by atoms with Gasteiger partial charge < -0.3 is 20.3 Å². The fourth-order valence-electron chi connectivity index (χ4n) is 9.69. The van der Waals surface area contributed by atoms with Gasteiger partial charge in [-0.05, 0) is 57.8 Å². The normalized spacial score (nSPS) is 12.7. The molecule has 6 nitrogen and oxygen atoms in total. The molecule has 0 fully saturated rings. The third-order valence-electron chi connectivity index (χ3n) is 14.5. The van der Waals surface area contributed by atoms with Crippen LogP contribution in [0.25, 0.3) is 0 Å². The van der Waals surface area contributed by atoms with Gasteiger partial charge in [0.2, 0.25) is 5.91 Å². The van der Waals surface area contributed by atoms with Gasteiger partial charge in [0.05, 0.1) is 25.4 Å². The minimum absolute atomic E-state index is 0.0156. The first kappa shape index (κ1) is 67.3. The monoisotopic (exact) mass is 972 g/mol. The molecule has 0 aliphatic rings. The lowest BCUT2D eigenvalue weighted by molar-refractivity contribution is -0.143. The number of allylic oxidation sites excluding steroid dienone is 3. The van der Waals surface area contributed by atoms with E-state index in [2.05, 4.69) is 31.3 Å². The molecule has 0 saturated carbocycles. The summed E-state index contributed by atoms with van der Waals surface area (Å²) >= 11 is 0. The standard InChI is InChI=1S/C63H121NO5/c1-3-5-7-9-11-13-15-32-35-39-43-47-51-55-61(66)60(59-65)64-62(67)56-52-48-44-40-36-33-30-28-26-24-22-20-18-17-19-21-23-25-27-29-31-34-38-42-46-50-54-58-69-63(68)57-53-49-45-41-37-16-14-12-10-8-6-4-2/h17-18,51,55,60-61,65-66H,3-16,19-50,52-54,56-59H2,1-2H3,(H,64,67)/b18-17-,55-51+. The Morgan fingerprint density at radius 3 is 1.03 bits per heavy atom. The summed E-state index contributed by atoms with van der Waals surface area (Å²) in [5, 5.41) is 23.1. The Balaban J connectivity index is 3.39. The van der Waals surface area contributed by atoms with Gasteiger partial charge in [0, 0.05) is 12.8 Å². The highest BCUT2D eigenvalue weighted by atomic mass is 16.5. The summed E-state index contributed by atoms with van der Waals surface area (Å²) < 4.78 is 5.47. The zero-order valence-corrected chi connectivity index (χ0v) is 46.6. The first-order valence-electron chi connectivity index (χ1n) is 31.1. The molecule has 0 heterocycles. The minimum atomic E-state index is -0.843. The maximum atomic E-state index is 12.4. The van der Waals surface area contributed by atoms with Gasteiger partial charge in [-0.2, -0.15) is 0 Å². The number of unbranched alkanes of at least 4 members (excludes halogenated alkanes) is 45. The number of esters is 1. The van der Waals surface area contributed by atoms with Crippen molar-refractivity contribution < 1.29 is 24.5 Å². The third-order valence-corrected chi connectivity index (χ3v) is 14.5. The molecule has 0 aromatic rings. The Labute approximate surface area is 431 Å². The van der Waals surface area contributed by atoms with Crippen molar-refractivity contribution in [3.8, 4) is 0 Å². The van der Waals surface area contributed by atoms with Gasteiger partial charge in [-0.1, -0.05) is 295 Å². The molecule has 0 aliphatic carbocycles. The number of nitrogens with one attached hydrogen (secondary N) is 1. The highest BCUT2D eigenvalue weighted by Crippen LogP contribution is 2.17. The van der Waals surface area contributed by atoms with Crippen LogP contribution in [0.3, 0.4) is 0 Å². The van der Waals surface area contributed by atoms with E-state index in [1.165, 1.54) is 276 Å². The van der Waals surface area contributed by atoms with Crippen molar-refractivity contribution in [2.24, 2.45) is 0 Å². The van der Waals surface area contributed by atoms with Gasteiger partial charge in [0.15, 0.2) is 0 Å². The average Bonchev–Trinajstić information content (AvgIpc) is 3.35. The van der Waals surface area contributed by atoms with Crippen molar-refractivity contribution in [1.82, 2.24) is 5.32 Å². The molecule has 0 bridgehead atoms. The summed E-state index contributed by atoms with van der Waals surface area (Å²) in [7, 11) is 0. The lowest BCUT2D eigenvalue weighted by Crippen LogP contribution is -2.45. The number of carbonyl (C=O) groups excluding carboxylic acids is 2. The molecule has 0 saturated heterocycles. The van der Waals surface area contributed by atoms with Crippen molar-refractivity contribution in [3.63, 3.8) is 0 Å². The largest absolute Gasteiger partial charge is 0.466 e. The first-order chi connectivity index (χ1) is 34.0. The van der Waals surface area contributed by atoms with E-state index in [-0.39, 0.29) is 18.5 Å². The Kier molecular flexibility index (Phi) is 57.5. The van der Waals surface area contributed by atoms with Gasteiger partial charge in [0.1, 0.15) is 0 Å². The van der Waals surface area contributed by atoms with Crippen LogP contribution in [0.1, 0.15) is 341 Å². The molecule has 2 atom stereocenters. The third kappa shape index (κ3) is 55.5. The van der Waals surface area contributed by atoms with Gasteiger partial charge in [0.25, 0.3) is 0 Å². The van der Waals surface area contributed by atoms with E-state index in [1.54, 1.807) is 6.08 Å². The maximum Gasteiger partial charge on any atom is 0.305 e. The lowest BCUT2D eigenvalue weighted by atomic mass is 10.0. The Bertz CT molecular complexity index is 1080. The molecule has 2 unspecified atom stereocenters. The summed E-state index contributed by atoms with van der Waals surface area (Å²) in [5.74, 6) is -0.0524. The van der Waals surface area contributed by atoms with Crippen LogP contribution in [0.2, 0.25) is 0 Å². The fourth-order valence-corrected chi connectivity index (χ4v) is 9.69. The number of amides is 1. The topological polar surface area (TPSA) is 95.9 Å². The van der Waals surface area contributed by atoms with Crippen molar-refractivity contribution >= 4 is 11.9 Å². The molecule has 408 valence electrons. The van der Waals surface area contributed by atoms with Crippen LogP contribution in [-0.2, 0) is 14.3 Å². The van der Waals surface area contributed by atoms with E-state index in [0.717, 1.165) is 38.5 Å². The second-order valence-electron chi connectivity index (χ2n) is 21.4. The predicted molar refractivity (Wildman–Crippen MR) is 301 cm³/mol. The molecule has 0 aromatic carbocycles. The van der Waals surface area contributed by atoms with Crippen molar-refractivity contribution in [3.05, 3.63) is 24.3 Å². The number of rotatable bonds is 58. The summed E-state index contributed by atoms with van der Waals surface area (Å²) in [6.45, 7) is 4.91. The Morgan fingerprint density at radius 2 is 0.681 bits per heavy atom. The van der Waals surface area contributed by atoms with Crippen molar-refractivity contribution in [1.29, 1.82) is 0 Å². The lowest BCUT2D eigenvalue weighted by Gasteiger charge is -2.20. The average molecular weight is 973 g/mol. The Morgan fingerprint density at radius 1 is 0.391 bits per heavy atom. The molecule has 0 rings (SSSR count). The number of hydrogen-bond acceptors (Lipinski definition) is 5. The number of aliphatic hydroxyl groups is 2. The summed E-state index contributed by atoms with van der Waals surface area (Å²) in [5.41, 5.74) is 0. The molecular weight excluding hydrogens is 851 g/mol. The van der Waals surface area contributed by atoms with Gasteiger partial charge in [-0.3, -0.25) is 9.59 Å². The van der Waals surface area contributed by atoms with Crippen LogP contribution in [0.4, 0.5) is 0 Å². The van der Waals surface area contributed by atoms with Crippen LogP contribution in [0, 0.1) is 0 Å². The summed E-state index contributed by atoms with van der Waals surface area (Å²) in [4.78, 5) is 24.5. The highest BCUT2D eigenvalue weighted by molar-refractivity contribution is 5.76. The van der Waals surface area contributed by atoms with Gasteiger partial charge in [-0.25, -0.2) is 0 Å². The molecule has 1 amide bonds. The SMILES string of the molecule is CCCCCCCCCCCCC/C=C/C(O)C(CO)NC(=O)CCCCCCCCCCCCC/C=C\CCCCCCCCCCCCCCOC(=O)CCCCCCCCCCCCCC. The van der Waals surface area contributed by atoms with Crippen LogP contribution in [0.15, 0.2) is 24.3 Å². The van der Waals surface area contributed by atoms with Gasteiger partial charge in [-0.15, -0.1) is 0 Å². The number of ether oxygens (including phenoxy) is 1. The molecule has 6 heteroatoms. The molecule has 3 N–H and O–H groups in total. The molecule has 0 aromatic heterocycles. The Hall–Kier alpha value is -1.66. The highest BCUT2D eigenvalue weighted by Gasteiger charge is 2.18. The van der Waals surface area contributed by atoms with Crippen molar-refractivity contribution in [2.45, 2.75) is 353 Å². The zero-order valence-electron chi connectivity index (χ0n) is 46.6. The second kappa shape index (κ2) is 58.9. The minimum Gasteiger partial charge on any atom is -0.466 e. The smallest absolute Gasteiger partial charge is 0.305 e. The molecular formula is C63H121NO5. The number of aliphatic hydroxyl groups excluding tert-OH is 2. The maximum absolute atomic E-state index is 12.4. The van der Waals surface area contributed by atoms with E-state index in [1.807, 2.05) is 6.08 Å². The van der Waals surface area contributed by atoms with E-state index in [9.17, 15) is 19.8 Å².